The van der Waals surface area contributed by atoms with Gasteiger partial charge in [-0.2, -0.15) is 0 Å². The minimum Gasteiger partial charge on any atom is -0.208 e. The van der Waals surface area contributed by atoms with Crippen molar-refractivity contribution in [3.05, 3.63) is 200 Å². The fraction of sp³-hybridized carbons (Fsp3) is 0. The van der Waals surface area contributed by atoms with E-state index in [1.807, 2.05) is 40.9 Å². The van der Waals surface area contributed by atoms with Crippen molar-refractivity contribution in [2.75, 3.05) is 0 Å². The summed E-state index contributed by atoms with van der Waals surface area (Å²) in [5.74, 6) is 1.96. The molecule has 3 aromatic heterocycles. The summed E-state index contributed by atoms with van der Waals surface area (Å²) in [7, 11) is 0. The maximum atomic E-state index is 5.19. The lowest BCUT2D eigenvalue weighted by Gasteiger charge is -2.12. The maximum Gasteiger partial charge on any atom is 0.164 e. The summed E-state index contributed by atoms with van der Waals surface area (Å²) >= 11 is 3.66. The highest BCUT2D eigenvalue weighted by Gasteiger charge is 2.17. The Hall–Kier alpha value is -7.57. The van der Waals surface area contributed by atoms with Gasteiger partial charge in [0.05, 0.1) is 0 Å². The standard InChI is InChI=1S/C57H33N3S2/c1-2-12-34(13-3-1)55-58-56(60-57(59-55)39-26-29-51-48(33-39)46-20-8-9-22-50(46)61-51)38-15-10-14-37(30-38)40-21-11-23-53-54(40)49-32-36(25-28-52(49)62-53)35-24-27-45-43-18-5-4-16-41(43)42-17-6-7-19-44(42)47(45)31-35/h1-33H. The number of hydrogen-bond donors (Lipinski definition) is 0. The molecule has 0 radical (unpaired) electrons. The quantitative estimate of drug-likeness (QED) is 0.162. The van der Waals surface area contributed by atoms with Crippen LogP contribution in [0.3, 0.4) is 0 Å². The van der Waals surface area contributed by atoms with Crippen LogP contribution in [-0.2, 0) is 0 Å². The van der Waals surface area contributed by atoms with E-state index in [0.717, 1.165) is 22.3 Å². The van der Waals surface area contributed by atoms with E-state index in [0.29, 0.717) is 17.5 Å². The summed E-state index contributed by atoms with van der Waals surface area (Å²) in [6.45, 7) is 0. The zero-order valence-electron chi connectivity index (χ0n) is 33.2. The molecule has 62 heavy (non-hydrogen) atoms. The molecule has 3 heterocycles. The van der Waals surface area contributed by atoms with E-state index in [2.05, 4.69) is 182 Å². The maximum absolute atomic E-state index is 5.19. The molecule has 3 nitrogen and oxygen atoms in total. The molecule has 0 amide bonds. The lowest BCUT2D eigenvalue weighted by molar-refractivity contribution is 1.07. The van der Waals surface area contributed by atoms with Crippen LogP contribution in [0.15, 0.2) is 200 Å². The molecule has 5 heteroatoms. The average molecular weight is 824 g/mol. The SMILES string of the molecule is c1ccc(-c2nc(-c3cccc(-c4cccc5sc6ccc(-c7ccc8c9ccccc9c9ccccc9c8c7)cc6c45)c3)nc(-c3ccc4sc5ccccc5c4c3)n2)cc1. The van der Waals surface area contributed by atoms with Gasteiger partial charge in [0, 0.05) is 57.0 Å². The van der Waals surface area contributed by atoms with E-state index >= 15 is 0 Å². The Balaban J connectivity index is 0.946. The molecule has 13 aromatic rings. The molecule has 288 valence electrons. The molecule has 0 N–H and O–H groups in total. The normalized spacial score (nSPS) is 11.9. The Morgan fingerprint density at radius 3 is 1.44 bits per heavy atom. The van der Waals surface area contributed by atoms with Crippen molar-refractivity contribution in [2.24, 2.45) is 0 Å². The second kappa shape index (κ2) is 14.0. The number of rotatable bonds is 5. The number of nitrogens with zero attached hydrogens (tertiary/aromatic N) is 3. The smallest absolute Gasteiger partial charge is 0.164 e. The second-order valence-corrected chi connectivity index (χ2v) is 18.1. The van der Waals surface area contributed by atoms with Crippen molar-refractivity contribution >= 4 is 95.3 Å². The van der Waals surface area contributed by atoms with E-state index in [-0.39, 0.29) is 0 Å². The van der Waals surface area contributed by atoms with Crippen LogP contribution in [-0.4, -0.2) is 15.0 Å². The predicted molar refractivity (Wildman–Crippen MR) is 265 cm³/mol. The molecule has 0 bridgehead atoms. The van der Waals surface area contributed by atoms with Crippen LogP contribution in [0.4, 0.5) is 0 Å². The van der Waals surface area contributed by atoms with Gasteiger partial charge in [0.15, 0.2) is 17.5 Å². The van der Waals surface area contributed by atoms with E-state index in [4.69, 9.17) is 15.0 Å². The molecule has 0 spiro atoms. The summed E-state index contributed by atoms with van der Waals surface area (Å²) in [6, 6.07) is 72.3. The van der Waals surface area contributed by atoms with Gasteiger partial charge >= 0.3 is 0 Å². The molecule has 0 aliphatic heterocycles. The molecule has 10 aromatic carbocycles. The summed E-state index contributed by atoms with van der Waals surface area (Å²) in [5, 5.41) is 12.7. The van der Waals surface area contributed by atoms with Gasteiger partial charge in [0.25, 0.3) is 0 Å². The lowest BCUT2D eigenvalue weighted by Crippen LogP contribution is -2.00. The third-order valence-electron chi connectivity index (χ3n) is 12.3. The van der Waals surface area contributed by atoms with Crippen LogP contribution in [0.1, 0.15) is 0 Å². The Labute approximate surface area is 364 Å². The molecule has 0 aliphatic carbocycles. The molecule has 13 rings (SSSR count). The van der Waals surface area contributed by atoms with Gasteiger partial charge in [0.2, 0.25) is 0 Å². The van der Waals surface area contributed by atoms with Crippen LogP contribution in [0.25, 0.3) is 129 Å². The molecular formula is C57H33N3S2. The number of benzene rings is 10. The highest BCUT2D eigenvalue weighted by atomic mass is 32.1. The minimum absolute atomic E-state index is 0.646. The van der Waals surface area contributed by atoms with Gasteiger partial charge in [-0.15, -0.1) is 22.7 Å². The topological polar surface area (TPSA) is 38.7 Å². The van der Waals surface area contributed by atoms with Gasteiger partial charge in [0.1, 0.15) is 0 Å². The number of fused-ring (bicyclic) bond motifs is 12. The van der Waals surface area contributed by atoms with Crippen LogP contribution >= 0.6 is 22.7 Å². The van der Waals surface area contributed by atoms with Crippen LogP contribution in [0.2, 0.25) is 0 Å². The van der Waals surface area contributed by atoms with Gasteiger partial charge in [-0.05, 0) is 109 Å². The van der Waals surface area contributed by atoms with Crippen molar-refractivity contribution < 1.29 is 0 Å². The number of thiophene rings is 2. The van der Waals surface area contributed by atoms with Crippen molar-refractivity contribution in [1.29, 1.82) is 0 Å². The zero-order valence-corrected chi connectivity index (χ0v) is 34.8. The first-order valence-electron chi connectivity index (χ1n) is 20.8. The first-order chi connectivity index (χ1) is 30.7. The van der Waals surface area contributed by atoms with Crippen LogP contribution in [0, 0.1) is 0 Å². The van der Waals surface area contributed by atoms with Gasteiger partial charge < -0.3 is 0 Å². The first-order valence-corrected chi connectivity index (χ1v) is 22.5. The fourth-order valence-electron chi connectivity index (χ4n) is 9.38. The molecule has 0 unspecified atom stereocenters. The molecule has 0 fully saturated rings. The zero-order chi connectivity index (χ0) is 40.7. The highest BCUT2D eigenvalue weighted by Crippen LogP contribution is 2.44. The van der Waals surface area contributed by atoms with E-state index in [1.54, 1.807) is 0 Å². The van der Waals surface area contributed by atoms with Crippen LogP contribution < -0.4 is 0 Å². The molecule has 0 saturated heterocycles. The second-order valence-electron chi connectivity index (χ2n) is 15.9. The van der Waals surface area contributed by atoms with Crippen molar-refractivity contribution in [1.82, 2.24) is 15.0 Å². The largest absolute Gasteiger partial charge is 0.208 e. The third-order valence-corrected chi connectivity index (χ3v) is 14.6. The Bertz CT molecular complexity index is 3900. The monoisotopic (exact) mass is 823 g/mol. The predicted octanol–water partition coefficient (Wildman–Crippen LogP) is 16.4. The molecule has 0 aliphatic rings. The van der Waals surface area contributed by atoms with Crippen LogP contribution in [0.5, 0.6) is 0 Å². The molecule has 0 atom stereocenters. The first kappa shape index (κ1) is 35.2. The summed E-state index contributed by atoms with van der Waals surface area (Å²) in [6.07, 6.45) is 0. The minimum atomic E-state index is 0.646. The van der Waals surface area contributed by atoms with Crippen molar-refractivity contribution in [3.63, 3.8) is 0 Å². The van der Waals surface area contributed by atoms with Crippen molar-refractivity contribution in [2.45, 2.75) is 0 Å². The van der Waals surface area contributed by atoms with E-state index < -0.39 is 0 Å². The Morgan fingerprint density at radius 1 is 0.242 bits per heavy atom. The summed E-state index contributed by atoms with van der Waals surface area (Å²) in [5.41, 5.74) is 7.60. The van der Waals surface area contributed by atoms with Gasteiger partial charge in [-0.3, -0.25) is 0 Å². The molecular weight excluding hydrogens is 791 g/mol. The Kier molecular flexibility index (Phi) is 7.95. The number of aromatic nitrogens is 3. The third kappa shape index (κ3) is 5.67. The Morgan fingerprint density at radius 2 is 0.694 bits per heavy atom. The van der Waals surface area contributed by atoms with Gasteiger partial charge in [-0.25, -0.2) is 15.0 Å². The summed E-state index contributed by atoms with van der Waals surface area (Å²) in [4.78, 5) is 15.4. The summed E-state index contributed by atoms with van der Waals surface area (Å²) < 4.78 is 5.07. The lowest BCUT2D eigenvalue weighted by atomic mass is 9.91. The average Bonchev–Trinajstić information content (AvgIpc) is 3.92. The number of hydrogen-bond acceptors (Lipinski definition) is 5. The van der Waals surface area contributed by atoms with Crippen molar-refractivity contribution in [3.8, 4) is 56.4 Å². The fourth-order valence-corrected chi connectivity index (χ4v) is 11.6. The van der Waals surface area contributed by atoms with E-state index in [9.17, 15) is 0 Å². The van der Waals surface area contributed by atoms with Gasteiger partial charge in [-0.1, -0.05) is 146 Å². The van der Waals surface area contributed by atoms with E-state index in [1.165, 1.54) is 89.4 Å². The highest BCUT2D eigenvalue weighted by molar-refractivity contribution is 7.26. The molecule has 0 saturated carbocycles.